The molecular weight excluding hydrogens is 415 g/mol. The first-order chi connectivity index (χ1) is 15.2. The van der Waals surface area contributed by atoms with Gasteiger partial charge in [0.1, 0.15) is 28.1 Å². The Hall–Kier alpha value is -3.59. The van der Waals surface area contributed by atoms with Gasteiger partial charge in [0.25, 0.3) is 0 Å². The van der Waals surface area contributed by atoms with E-state index in [1.54, 1.807) is 23.4 Å². The van der Waals surface area contributed by atoms with Crippen molar-refractivity contribution in [3.8, 4) is 11.3 Å². The number of fused-ring (bicyclic) bond motifs is 1. The van der Waals surface area contributed by atoms with Crippen molar-refractivity contribution in [3.05, 3.63) is 66.7 Å². The molecule has 9 heteroatoms. The second-order valence-corrected chi connectivity index (χ2v) is 7.96. The lowest BCUT2D eigenvalue weighted by Gasteiger charge is -2.35. The second-order valence-electron chi connectivity index (χ2n) is 7.18. The Bertz CT molecular complexity index is 1210. The number of aromatic nitrogens is 3. The molecule has 1 aliphatic rings. The molecule has 2 aromatic heterocycles. The maximum atomic E-state index is 13.0. The Morgan fingerprint density at radius 3 is 2.45 bits per heavy atom. The Kier molecular flexibility index (Phi) is 5.17. The Labute approximate surface area is 182 Å². The third kappa shape index (κ3) is 3.91. The number of amides is 2. The first kappa shape index (κ1) is 19.4. The van der Waals surface area contributed by atoms with E-state index in [1.807, 2.05) is 30.3 Å². The summed E-state index contributed by atoms with van der Waals surface area (Å²) in [5.74, 6) is 0.518. The number of piperazine rings is 1. The maximum Gasteiger partial charge on any atom is 0.321 e. The van der Waals surface area contributed by atoms with Gasteiger partial charge in [0.15, 0.2) is 5.82 Å². The van der Waals surface area contributed by atoms with Gasteiger partial charge in [0.2, 0.25) is 0 Å². The number of hydrogen-bond donors (Lipinski definition) is 1. The van der Waals surface area contributed by atoms with E-state index in [1.165, 1.54) is 23.7 Å². The number of nitrogens with zero attached hydrogens (tertiary/aromatic N) is 5. The quantitative estimate of drug-likeness (QED) is 0.522. The molecule has 3 heterocycles. The zero-order valence-corrected chi connectivity index (χ0v) is 17.3. The maximum absolute atomic E-state index is 13.0. The highest BCUT2D eigenvalue weighted by Crippen LogP contribution is 2.34. The minimum atomic E-state index is -0.332. The highest BCUT2D eigenvalue weighted by molar-refractivity contribution is 7.14. The molecule has 0 aliphatic carbocycles. The topological polar surface area (TPSA) is 74.2 Å². The summed E-state index contributed by atoms with van der Waals surface area (Å²) in [6.07, 6.45) is 1.58. The lowest BCUT2D eigenvalue weighted by Crippen LogP contribution is -2.50. The first-order valence-corrected chi connectivity index (χ1v) is 10.7. The molecule has 1 saturated heterocycles. The van der Waals surface area contributed by atoms with Crippen LogP contribution in [0.5, 0.6) is 0 Å². The number of carbonyl (C=O) groups is 1. The van der Waals surface area contributed by atoms with Gasteiger partial charge in [-0.3, -0.25) is 0 Å². The molecule has 156 valence electrons. The normalized spacial score (nSPS) is 14.1. The number of anilines is 2. The lowest BCUT2D eigenvalue weighted by molar-refractivity contribution is 0.208. The third-order valence-corrected chi connectivity index (χ3v) is 6.08. The SMILES string of the molecule is O=C(Nc1ccc(F)cc1)N1CCN(c2ncnc3c(-c4ccccc4)nsc23)CC1. The second kappa shape index (κ2) is 8.27. The summed E-state index contributed by atoms with van der Waals surface area (Å²) in [6.45, 7) is 2.43. The van der Waals surface area contributed by atoms with Gasteiger partial charge < -0.3 is 15.1 Å². The molecule has 0 unspecified atom stereocenters. The van der Waals surface area contributed by atoms with E-state index < -0.39 is 0 Å². The highest BCUT2D eigenvalue weighted by atomic mass is 32.1. The van der Waals surface area contributed by atoms with Crippen LogP contribution in [0, 0.1) is 5.82 Å². The molecule has 0 spiro atoms. The average molecular weight is 435 g/mol. The van der Waals surface area contributed by atoms with Gasteiger partial charge in [-0.15, -0.1) is 0 Å². The van der Waals surface area contributed by atoms with E-state index in [9.17, 15) is 9.18 Å². The summed E-state index contributed by atoms with van der Waals surface area (Å²) < 4.78 is 18.6. The average Bonchev–Trinajstić information content (AvgIpc) is 3.26. The van der Waals surface area contributed by atoms with Crippen LogP contribution in [0.25, 0.3) is 21.5 Å². The van der Waals surface area contributed by atoms with Crippen molar-refractivity contribution in [2.45, 2.75) is 0 Å². The number of benzene rings is 2. The molecule has 0 bridgehead atoms. The van der Waals surface area contributed by atoms with Crippen LogP contribution in [-0.2, 0) is 0 Å². The van der Waals surface area contributed by atoms with E-state index in [0.717, 1.165) is 27.3 Å². The molecule has 1 aliphatic heterocycles. The number of carbonyl (C=O) groups excluding carboxylic acids is 1. The summed E-state index contributed by atoms with van der Waals surface area (Å²) in [6, 6.07) is 15.6. The molecule has 31 heavy (non-hydrogen) atoms. The van der Waals surface area contributed by atoms with E-state index in [4.69, 9.17) is 0 Å². The van der Waals surface area contributed by atoms with E-state index in [2.05, 4.69) is 24.6 Å². The number of urea groups is 1. The van der Waals surface area contributed by atoms with Gasteiger partial charge >= 0.3 is 6.03 Å². The van der Waals surface area contributed by atoms with Crippen molar-refractivity contribution in [1.29, 1.82) is 0 Å². The number of rotatable bonds is 3. The van der Waals surface area contributed by atoms with Crippen LogP contribution in [0.2, 0.25) is 0 Å². The molecule has 7 nitrogen and oxygen atoms in total. The van der Waals surface area contributed by atoms with Crippen LogP contribution >= 0.6 is 11.5 Å². The molecule has 1 fully saturated rings. The summed E-state index contributed by atoms with van der Waals surface area (Å²) in [5.41, 5.74) is 3.31. The highest BCUT2D eigenvalue weighted by Gasteiger charge is 2.25. The van der Waals surface area contributed by atoms with Crippen LogP contribution in [-0.4, -0.2) is 51.5 Å². The van der Waals surface area contributed by atoms with E-state index >= 15 is 0 Å². The molecule has 4 aromatic rings. The van der Waals surface area contributed by atoms with Gasteiger partial charge in [-0.1, -0.05) is 30.3 Å². The Morgan fingerprint density at radius 1 is 0.968 bits per heavy atom. The van der Waals surface area contributed by atoms with E-state index in [-0.39, 0.29) is 11.8 Å². The number of nitrogens with one attached hydrogen (secondary N) is 1. The molecule has 2 amide bonds. The lowest BCUT2D eigenvalue weighted by atomic mass is 10.1. The molecule has 0 atom stereocenters. The smallest absolute Gasteiger partial charge is 0.321 e. The zero-order valence-electron chi connectivity index (χ0n) is 16.5. The predicted octanol–water partition coefficient (Wildman–Crippen LogP) is 4.25. The van der Waals surface area contributed by atoms with Crippen molar-refractivity contribution in [2.75, 3.05) is 36.4 Å². The van der Waals surface area contributed by atoms with Gasteiger partial charge in [-0.2, -0.15) is 4.37 Å². The number of hydrogen-bond acceptors (Lipinski definition) is 6. The van der Waals surface area contributed by atoms with Gasteiger partial charge in [0.05, 0.1) is 0 Å². The minimum absolute atomic E-state index is 0.191. The molecule has 0 radical (unpaired) electrons. The van der Waals surface area contributed by atoms with Crippen molar-refractivity contribution < 1.29 is 9.18 Å². The fraction of sp³-hybridized carbons (Fsp3) is 0.182. The molecule has 1 N–H and O–H groups in total. The van der Waals surface area contributed by atoms with Gasteiger partial charge in [0, 0.05) is 37.4 Å². The standard InChI is InChI=1S/C22H19FN6OS/c23-16-6-8-17(9-7-16)26-22(30)29-12-10-28(11-13-29)21-20-19(24-14-25-21)18(27-31-20)15-4-2-1-3-5-15/h1-9,14H,10-13H2,(H,26,30). The van der Waals surface area contributed by atoms with Crippen LogP contribution in [0.15, 0.2) is 60.9 Å². The third-order valence-electron chi connectivity index (χ3n) is 5.25. The van der Waals surface area contributed by atoms with Crippen molar-refractivity contribution >= 4 is 39.3 Å². The molecule has 0 saturated carbocycles. The van der Waals surface area contributed by atoms with Crippen molar-refractivity contribution in [1.82, 2.24) is 19.2 Å². The zero-order chi connectivity index (χ0) is 21.2. The summed E-state index contributed by atoms with van der Waals surface area (Å²) in [5, 5.41) is 2.81. The van der Waals surface area contributed by atoms with Crippen LogP contribution < -0.4 is 10.2 Å². The molecular formula is C22H19FN6OS. The first-order valence-electron chi connectivity index (χ1n) is 9.91. The van der Waals surface area contributed by atoms with Gasteiger partial charge in [-0.05, 0) is 35.8 Å². The Balaban J connectivity index is 1.30. The molecule has 2 aromatic carbocycles. The molecule has 5 rings (SSSR count). The fourth-order valence-corrected chi connectivity index (χ4v) is 4.49. The van der Waals surface area contributed by atoms with Crippen molar-refractivity contribution in [3.63, 3.8) is 0 Å². The fourth-order valence-electron chi connectivity index (χ4n) is 3.62. The minimum Gasteiger partial charge on any atom is -0.352 e. The van der Waals surface area contributed by atoms with Crippen LogP contribution in [0.3, 0.4) is 0 Å². The summed E-state index contributed by atoms with van der Waals surface area (Å²) in [7, 11) is 0. The number of halogens is 1. The summed E-state index contributed by atoms with van der Waals surface area (Å²) in [4.78, 5) is 25.4. The largest absolute Gasteiger partial charge is 0.352 e. The van der Waals surface area contributed by atoms with Gasteiger partial charge in [-0.25, -0.2) is 19.2 Å². The van der Waals surface area contributed by atoms with Crippen LogP contribution in [0.1, 0.15) is 0 Å². The monoisotopic (exact) mass is 434 g/mol. The predicted molar refractivity (Wildman–Crippen MR) is 120 cm³/mol. The van der Waals surface area contributed by atoms with Crippen molar-refractivity contribution in [2.24, 2.45) is 0 Å². The summed E-state index contributed by atoms with van der Waals surface area (Å²) >= 11 is 1.40. The Morgan fingerprint density at radius 2 is 1.71 bits per heavy atom. The van der Waals surface area contributed by atoms with E-state index in [0.29, 0.717) is 31.9 Å². The van der Waals surface area contributed by atoms with Crippen LogP contribution in [0.4, 0.5) is 20.7 Å².